The van der Waals surface area contributed by atoms with Crippen LogP contribution in [0, 0.1) is 17.8 Å². The summed E-state index contributed by atoms with van der Waals surface area (Å²) in [4.78, 5) is 29.9. The Hall–Kier alpha value is -2.66. The van der Waals surface area contributed by atoms with Crippen LogP contribution in [0.25, 0.3) is 0 Å². The fraction of sp³-hybridized carbons (Fsp3) is 0.440. The highest BCUT2D eigenvalue weighted by Crippen LogP contribution is 2.45. The molecule has 2 amide bonds. The topological polar surface area (TPSA) is 49.9 Å². The first kappa shape index (κ1) is 19.3. The lowest BCUT2D eigenvalue weighted by Crippen LogP contribution is -2.45. The third-order valence-corrected chi connectivity index (χ3v) is 6.75. The average Bonchev–Trinajstić information content (AvgIpc) is 3.43. The molecule has 2 aliphatic heterocycles. The van der Waals surface area contributed by atoms with E-state index >= 15 is 0 Å². The van der Waals surface area contributed by atoms with Gasteiger partial charge in [-0.15, -0.1) is 0 Å². The summed E-state index contributed by atoms with van der Waals surface area (Å²) in [6, 6.07) is 20.2. The quantitative estimate of drug-likeness (QED) is 0.736. The minimum Gasteiger partial charge on any atom is -0.447 e. The van der Waals surface area contributed by atoms with Crippen LogP contribution in [0.15, 0.2) is 60.7 Å². The van der Waals surface area contributed by atoms with Crippen molar-refractivity contribution in [2.45, 2.75) is 31.8 Å². The molecule has 5 nitrogen and oxygen atoms in total. The van der Waals surface area contributed by atoms with Gasteiger partial charge in [0.2, 0.25) is 5.91 Å². The van der Waals surface area contributed by atoms with Crippen molar-refractivity contribution in [3.63, 3.8) is 0 Å². The summed E-state index contributed by atoms with van der Waals surface area (Å²) in [6.45, 7) is 2.79. The zero-order chi connectivity index (χ0) is 20.5. The van der Waals surface area contributed by atoms with Gasteiger partial charge in [-0.2, -0.15) is 0 Å². The van der Waals surface area contributed by atoms with E-state index in [1.807, 2.05) is 36.4 Å². The molecule has 0 N–H and O–H groups in total. The molecular weight excluding hydrogens is 376 g/mol. The standard InChI is InChI=1S/C25H28N2O3/c28-24(27-21(17-30-25(27)29)13-18-7-3-1-4-8-18)23-16-26(15-22(23)20-11-12-20)14-19-9-5-2-6-10-19/h1-10,20-23H,11-17H2/t21-,22+,23+/m1/s1. The maximum Gasteiger partial charge on any atom is 0.416 e. The van der Waals surface area contributed by atoms with Gasteiger partial charge >= 0.3 is 6.09 Å². The van der Waals surface area contributed by atoms with E-state index in [4.69, 9.17) is 4.74 Å². The normalized spacial score (nSPS) is 26.7. The van der Waals surface area contributed by atoms with Gasteiger partial charge in [0, 0.05) is 19.6 Å². The largest absolute Gasteiger partial charge is 0.447 e. The number of rotatable bonds is 6. The Kier molecular flexibility index (Phi) is 5.30. The Balaban J connectivity index is 1.32. The molecule has 5 heteroatoms. The van der Waals surface area contributed by atoms with Crippen LogP contribution in [0.5, 0.6) is 0 Å². The molecule has 0 radical (unpaired) electrons. The predicted octanol–water partition coefficient (Wildman–Crippen LogP) is 3.73. The Morgan fingerprint density at radius 2 is 1.60 bits per heavy atom. The number of carbonyl (C=O) groups is 2. The molecule has 3 aliphatic rings. The maximum atomic E-state index is 13.6. The number of hydrogen-bond acceptors (Lipinski definition) is 4. The monoisotopic (exact) mass is 404 g/mol. The molecule has 0 spiro atoms. The van der Waals surface area contributed by atoms with E-state index in [2.05, 4.69) is 29.2 Å². The first-order valence-corrected chi connectivity index (χ1v) is 11.0. The number of ether oxygens (including phenoxy) is 1. The van der Waals surface area contributed by atoms with Crippen LogP contribution in [0.1, 0.15) is 24.0 Å². The van der Waals surface area contributed by atoms with Crippen molar-refractivity contribution in [2.75, 3.05) is 19.7 Å². The third kappa shape index (κ3) is 3.99. The molecule has 0 unspecified atom stereocenters. The highest BCUT2D eigenvalue weighted by atomic mass is 16.6. The highest BCUT2D eigenvalue weighted by Gasteiger charge is 2.50. The van der Waals surface area contributed by atoms with E-state index in [1.165, 1.54) is 23.3 Å². The molecule has 3 atom stereocenters. The van der Waals surface area contributed by atoms with Crippen molar-refractivity contribution in [3.8, 4) is 0 Å². The number of hydrogen-bond donors (Lipinski definition) is 0. The van der Waals surface area contributed by atoms with Crippen molar-refractivity contribution in [1.82, 2.24) is 9.80 Å². The summed E-state index contributed by atoms with van der Waals surface area (Å²) >= 11 is 0. The summed E-state index contributed by atoms with van der Waals surface area (Å²) < 4.78 is 5.32. The number of amides is 2. The summed E-state index contributed by atoms with van der Waals surface area (Å²) in [5.74, 6) is 0.800. The fourth-order valence-corrected chi connectivity index (χ4v) is 5.09. The van der Waals surface area contributed by atoms with Gasteiger partial charge in [0.15, 0.2) is 0 Å². The van der Waals surface area contributed by atoms with E-state index in [0.29, 0.717) is 18.3 Å². The zero-order valence-electron chi connectivity index (χ0n) is 17.2. The molecular formula is C25H28N2O3. The number of cyclic esters (lactones) is 1. The Bertz CT molecular complexity index is 897. The van der Waals surface area contributed by atoms with E-state index in [9.17, 15) is 9.59 Å². The smallest absolute Gasteiger partial charge is 0.416 e. The van der Waals surface area contributed by atoms with Gasteiger partial charge in [0.25, 0.3) is 0 Å². The van der Waals surface area contributed by atoms with E-state index < -0.39 is 6.09 Å². The number of nitrogens with zero attached hydrogens (tertiary/aromatic N) is 2. The first-order chi connectivity index (χ1) is 14.7. The van der Waals surface area contributed by atoms with Crippen LogP contribution in [0.2, 0.25) is 0 Å². The minimum atomic E-state index is -0.475. The van der Waals surface area contributed by atoms with Gasteiger partial charge in [-0.3, -0.25) is 9.69 Å². The summed E-state index contributed by atoms with van der Waals surface area (Å²) in [7, 11) is 0. The molecule has 2 aromatic rings. The highest BCUT2D eigenvalue weighted by molar-refractivity contribution is 5.95. The molecule has 2 heterocycles. The number of likely N-dealkylation sites (tertiary alicyclic amines) is 1. The molecule has 0 bridgehead atoms. The molecule has 5 rings (SSSR count). The SMILES string of the molecule is O=C1OC[C@@H](Cc2ccccc2)N1C(=O)[C@H]1CN(Cc2ccccc2)C[C@H]1C1CC1. The lowest BCUT2D eigenvalue weighted by Gasteiger charge is -2.25. The predicted molar refractivity (Wildman–Crippen MR) is 114 cm³/mol. The molecule has 0 aromatic heterocycles. The molecule has 3 fully saturated rings. The van der Waals surface area contributed by atoms with Gasteiger partial charge in [0.1, 0.15) is 6.61 Å². The molecule has 1 aliphatic carbocycles. The van der Waals surface area contributed by atoms with Crippen LogP contribution in [0.4, 0.5) is 4.79 Å². The van der Waals surface area contributed by atoms with Crippen LogP contribution < -0.4 is 0 Å². The van der Waals surface area contributed by atoms with Gasteiger partial charge in [-0.05, 0) is 42.2 Å². The maximum absolute atomic E-state index is 13.6. The summed E-state index contributed by atoms with van der Waals surface area (Å²) in [6.07, 6.45) is 2.57. The first-order valence-electron chi connectivity index (χ1n) is 11.0. The van der Waals surface area contributed by atoms with Gasteiger partial charge < -0.3 is 4.74 Å². The second kappa shape index (κ2) is 8.23. The molecule has 1 saturated carbocycles. The lowest BCUT2D eigenvalue weighted by atomic mass is 9.90. The number of benzene rings is 2. The summed E-state index contributed by atoms with van der Waals surface area (Å²) in [5.41, 5.74) is 2.39. The van der Waals surface area contributed by atoms with E-state index in [-0.39, 0.29) is 24.5 Å². The molecule has 30 heavy (non-hydrogen) atoms. The fourth-order valence-electron chi connectivity index (χ4n) is 5.09. The second-order valence-corrected chi connectivity index (χ2v) is 8.92. The molecule has 156 valence electrons. The Morgan fingerprint density at radius 1 is 0.933 bits per heavy atom. The van der Waals surface area contributed by atoms with Gasteiger partial charge in [-0.25, -0.2) is 9.69 Å². The van der Waals surface area contributed by atoms with Crippen molar-refractivity contribution in [3.05, 3.63) is 71.8 Å². The second-order valence-electron chi connectivity index (χ2n) is 8.92. The van der Waals surface area contributed by atoms with Crippen LogP contribution >= 0.6 is 0 Å². The van der Waals surface area contributed by atoms with Crippen molar-refractivity contribution in [1.29, 1.82) is 0 Å². The Labute approximate surface area is 177 Å². The van der Waals surface area contributed by atoms with Gasteiger partial charge in [-0.1, -0.05) is 60.7 Å². The van der Waals surface area contributed by atoms with E-state index in [0.717, 1.165) is 25.2 Å². The summed E-state index contributed by atoms with van der Waals surface area (Å²) in [5, 5.41) is 0. The van der Waals surface area contributed by atoms with Crippen LogP contribution in [-0.2, 0) is 22.5 Å². The number of imide groups is 1. The zero-order valence-corrected chi connectivity index (χ0v) is 17.2. The van der Waals surface area contributed by atoms with Crippen LogP contribution in [-0.4, -0.2) is 47.5 Å². The van der Waals surface area contributed by atoms with Crippen LogP contribution in [0.3, 0.4) is 0 Å². The Morgan fingerprint density at radius 3 is 2.27 bits per heavy atom. The molecule has 2 aromatic carbocycles. The van der Waals surface area contributed by atoms with Crippen molar-refractivity contribution in [2.24, 2.45) is 17.8 Å². The van der Waals surface area contributed by atoms with E-state index in [1.54, 1.807) is 0 Å². The van der Waals surface area contributed by atoms with Crippen molar-refractivity contribution >= 4 is 12.0 Å². The average molecular weight is 405 g/mol. The third-order valence-electron chi connectivity index (χ3n) is 6.75. The number of carbonyl (C=O) groups excluding carboxylic acids is 2. The molecule has 2 saturated heterocycles. The lowest BCUT2D eigenvalue weighted by molar-refractivity contribution is -0.134. The van der Waals surface area contributed by atoms with Crippen molar-refractivity contribution < 1.29 is 14.3 Å². The minimum absolute atomic E-state index is 0.0362. The van der Waals surface area contributed by atoms with Gasteiger partial charge in [0.05, 0.1) is 12.0 Å².